The summed E-state index contributed by atoms with van der Waals surface area (Å²) in [5, 5.41) is 4.63. The van der Waals surface area contributed by atoms with E-state index in [9.17, 15) is 8.42 Å². The van der Waals surface area contributed by atoms with Crippen LogP contribution >= 0.6 is 0 Å². The average molecular weight is 347 g/mol. The molecule has 3 rings (SSSR count). The minimum absolute atomic E-state index is 0.228. The topological polar surface area (TPSA) is 68.3 Å². The van der Waals surface area contributed by atoms with Gasteiger partial charge in [0.05, 0.1) is 5.69 Å². The standard InChI is InChI=1S/C17H21N3O3S/c1-11-15(13(3)23-18-11)10-19(4)24(21,22)17-12(2)20(5)16-9-7-6-8-14(16)17/h6-9H,10H2,1-5H3. The van der Waals surface area contributed by atoms with E-state index in [2.05, 4.69) is 5.16 Å². The smallest absolute Gasteiger partial charge is 0.245 e. The number of hydrogen-bond acceptors (Lipinski definition) is 4. The molecule has 24 heavy (non-hydrogen) atoms. The molecule has 0 bridgehead atoms. The summed E-state index contributed by atoms with van der Waals surface area (Å²) in [6.07, 6.45) is 0. The fourth-order valence-corrected chi connectivity index (χ4v) is 4.57. The predicted molar refractivity (Wildman–Crippen MR) is 92.3 cm³/mol. The molecule has 0 saturated carbocycles. The quantitative estimate of drug-likeness (QED) is 0.728. The first-order valence-electron chi connectivity index (χ1n) is 7.67. The van der Waals surface area contributed by atoms with E-state index in [1.165, 1.54) is 4.31 Å². The summed E-state index contributed by atoms with van der Waals surface area (Å²) in [6, 6.07) is 7.54. The number of benzene rings is 1. The summed E-state index contributed by atoms with van der Waals surface area (Å²) < 4.78 is 34.8. The van der Waals surface area contributed by atoms with Gasteiger partial charge < -0.3 is 9.09 Å². The molecule has 0 spiro atoms. The number of rotatable bonds is 4. The zero-order valence-electron chi connectivity index (χ0n) is 14.5. The normalized spacial score (nSPS) is 12.4. The zero-order valence-corrected chi connectivity index (χ0v) is 15.3. The molecule has 3 aromatic rings. The Kier molecular flexibility index (Phi) is 4.01. The highest BCUT2D eigenvalue weighted by Crippen LogP contribution is 2.31. The van der Waals surface area contributed by atoms with Gasteiger partial charge in [-0.1, -0.05) is 23.4 Å². The van der Waals surface area contributed by atoms with Crippen LogP contribution in [0.5, 0.6) is 0 Å². The van der Waals surface area contributed by atoms with Crippen molar-refractivity contribution in [3.05, 3.63) is 47.0 Å². The summed E-state index contributed by atoms with van der Waals surface area (Å²) >= 11 is 0. The highest BCUT2D eigenvalue weighted by atomic mass is 32.2. The number of hydrogen-bond donors (Lipinski definition) is 0. The minimum atomic E-state index is -3.64. The maximum Gasteiger partial charge on any atom is 0.245 e. The van der Waals surface area contributed by atoms with Gasteiger partial charge in [0.25, 0.3) is 0 Å². The van der Waals surface area contributed by atoms with E-state index in [0.717, 1.165) is 22.2 Å². The molecular weight excluding hydrogens is 326 g/mol. The van der Waals surface area contributed by atoms with E-state index in [1.54, 1.807) is 14.0 Å². The lowest BCUT2D eigenvalue weighted by Gasteiger charge is -2.17. The molecule has 0 N–H and O–H groups in total. The van der Waals surface area contributed by atoms with Gasteiger partial charge in [-0.25, -0.2) is 8.42 Å². The number of para-hydroxylation sites is 1. The van der Waals surface area contributed by atoms with Crippen LogP contribution in [0.15, 0.2) is 33.7 Å². The summed E-state index contributed by atoms with van der Waals surface area (Å²) in [6.45, 7) is 5.66. The summed E-state index contributed by atoms with van der Waals surface area (Å²) in [7, 11) is -0.176. The Morgan fingerprint density at radius 1 is 1.21 bits per heavy atom. The van der Waals surface area contributed by atoms with Crippen LogP contribution < -0.4 is 0 Å². The molecule has 0 amide bonds. The van der Waals surface area contributed by atoms with Gasteiger partial charge in [0, 0.05) is 42.8 Å². The van der Waals surface area contributed by atoms with Gasteiger partial charge in [0.1, 0.15) is 10.7 Å². The Morgan fingerprint density at radius 3 is 2.50 bits per heavy atom. The van der Waals surface area contributed by atoms with E-state index in [0.29, 0.717) is 16.3 Å². The lowest BCUT2D eigenvalue weighted by atomic mass is 10.2. The molecule has 128 valence electrons. The van der Waals surface area contributed by atoms with Crippen molar-refractivity contribution in [1.82, 2.24) is 14.0 Å². The molecule has 2 aromatic heterocycles. The molecule has 0 aliphatic rings. The van der Waals surface area contributed by atoms with Crippen molar-refractivity contribution in [3.8, 4) is 0 Å². The van der Waals surface area contributed by atoms with E-state index in [4.69, 9.17) is 4.52 Å². The van der Waals surface area contributed by atoms with Crippen molar-refractivity contribution < 1.29 is 12.9 Å². The molecule has 6 nitrogen and oxygen atoms in total. The third kappa shape index (κ3) is 2.44. The van der Waals surface area contributed by atoms with Gasteiger partial charge in [-0.3, -0.25) is 0 Å². The second-order valence-electron chi connectivity index (χ2n) is 6.05. The van der Waals surface area contributed by atoms with Gasteiger partial charge in [-0.2, -0.15) is 4.31 Å². The van der Waals surface area contributed by atoms with Crippen LogP contribution in [-0.4, -0.2) is 29.5 Å². The summed E-state index contributed by atoms with van der Waals surface area (Å²) in [4.78, 5) is 0.356. The third-order valence-electron chi connectivity index (χ3n) is 4.57. The number of sulfonamides is 1. The molecule has 0 unspecified atom stereocenters. The third-order valence-corrected chi connectivity index (χ3v) is 6.55. The lowest BCUT2D eigenvalue weighted by Crippen LogP contribution is -2.27. The van der Waals surface area contributed by atoms with Gasteiger partial charge >= 0.3 is 0 Å². The maximum atomic E-state index is 13.2. The molecule has 7 heteroatoms. The number of aryl methyl sites for hydroxylation is 3. The maximum absolute atomic E-state index is 13.2. The first-order valence-corrected chi connectivity index (χ1v) is 9.11. The van der Waals surface area contributed by atoms with Crippen LogP contribution in [0.2, 0.25) is 0 Å². The SMILES string of the molecule is Cc1noc(C)c1CN(C)S(=O)(=O)c1c(C)n(C)c2ccccc12. The first kappa shape index (κ1) is 16.7. The molecule has 0 saturated heterocycles. The molecule has 0 radical (unpaired) electrons. The lowest BCUT2D eigenvalue weighted by molar-refractivity contribution is 0.390. The van der Waals surface area contributed by atoms with Crippen LogP contribution in [0.4, 0.5) is 0 Å². The van der Waals surface area contributed by atoms with Crippen molar-refractivity contribution in [3.63, 3.8) is 0 Å². The van der Waals surface area contributed by atoms with Crippen LogP contribution in [0.3, 0.4) is 0 Å². The van der Waals surface area contributed by atoms with Gasteiger partial charge in [-0.05, 0) is 26.8 Å². The van der Waals surface area contributed by atoms with E-state index < -0.39 is 10.0 Å². The number of aromatic nitrogens is 2. The fourth-order valence-electron chi connectivity index (χ4n) is 3.00. The Bertz CT molecular complexity index is 996. The predicted octanol–water partition coefficient (Wildman–Crippen LogP) is 2.91. The Balaban J connectivity index is 2.10. The zero-order chi connectivity index (χ0) is 17.6. The summed E-state index contributed by atoms with van der Waals surface area (Å²) in [5.41, 5.74) is 3.14. The van der Waals surface area contributed by atoms with Crippen molar-refractivity contribution in [1.29, 1.82) is 0 Å². The Morgan fingerprint density at radius 2 is 1.88 bits per heavy atom. The molecule has 2 heterocycles. The van der Waals surface area contributed by atoms with Crippen LogP contribution in [0.25, 0.3) is 10.9 Å². The van der Waals surface area contributed by atoms with Crippen LogP contribution in [0, 0.1) is 20.8 Å². The second-order valence-corrected chi connectivity index (χ2v) is 8.04. The molecule has 0 aliphatic carbocycles. The monoisotopic (exact) mass is 347 g/mol. The van der Waals surface area contributed by atoms with Crippen molar-refractivity contribution >= 4 is 20.9 Å². The van der Waals surface area contributed by atoms with Crippen molar-refractivity contribution in [2.45, 2.75) is 32.2 Å². The Labute approximate surface area is 141 Å². The van der Waals surface area contributed by atoms with E-state index in [-0.39, 0.29) is 6.54 Å². The second kappa shape index (κ2) is 5.75. The highest BCUT2D eigenvalue weighted by molar-refractivity contribution is 7.89. The molecule has 0 fully saturated rings. The highest BCUT2D eigenvalue weighted by Gasteiger charge is 2.29. The van der Waals surface area contributed by atoms with Crippen molar-refractivity contribution in [2.75, 3.05) is 7.05 Å². The van der Waals surface area contributed by atoms with E-state index >= 15 is 0 Å². The minimum Gasteiger partial charge on any atom is -0.361 e. The molecular formula is C17H21N3O3S. The Hall–Kier alpha value is -2.12. The van der Waals surface area contributed by atoms with Crippen molar-refractivity contribution in [2.24, 2.45) is 7.05 Å². The first-order chi connectivity index (χ1) is 11.2. The van der Waals surface area contributed by atoms with Gasteiger partial charge in [0.2, 0.25) is 10.0 Å². The van der Waals surface area contributed by atoms with Crippen LogP contribution in [-0.2, 0) is 23.6 Å². The molecule has 0 aliphatic heterocycles. The van der Waals surface area contributed by atoms with Gasteiger partial charge in [-0.15, -0.1) is 0 Å². The van der Waals surface area contributed by atoms with E-state index in [1.807, 2.05) is 49.7 Å². The largest absolute Gasteiger partial charge is 0.361 e. The average Bonchev–Trinajstić information content (AvgIpc) is 2.99. The fraction of sp³-hybridized carbons (Fsp3) is 0.353. The molecule has 1 aromatic carbocycles. The number of nitrogens with zero attached hydrogens (tertiary/aromatic N) is 3. The summed E-state index contributed by atoms with van der Waals surface area (Å²) in [5.74, 6) is 0.643. The number of fused-ring (bicyclic) bond motifs is 1. The van der Waals surface area contributed by atoms with Crippen LogP contribution in [0.1, 0.15) is 22.7 Å². The molecule has 0 atom stereocenters. The van der Waals surface area contributed by atoms with Gasteiger partial charge in [0.15, 0.2) is 0 Å².